The fourth-order valence-corrected chi connectivity index (χ4v) is 8.30. The SMILES string of the molecule is CCOC(=O)C=Cc1ccc(OCCCCCCCCCC(=O)OCC(COC(=O)CCCCCCCCCOc2ccc(C=CC(=O)OCC)cc2)OC(=O)CCCCCCCCCOc2ccc(C=CC(=O)OCC)cc2)cc1. The molecule has 0 atom stereocenters. The molecule has 81 heavy (non-hydrogen) atoms. The van der Waals surface area contributed by atoms with Crippen LogP contribution in [-0.4, -0.2) is 94.8 Å². The van der Waals surface area contributed by atoms with E-state index in [9.17, 15) is 28.8 Å². The Labute approximate surface area is 482 Å². The quantitative estimate of drug-likeness (QED) is 0.0225. The van der Waals surface area contributed by atoms with E-state index in [1.165, 1.54) is 18.2 Å². The molecule has 3 aromatic rings. The summed E-state index contributed by atoms with van der Waals surface area (Å²) in [4.78, 5) is 73.1. The molecule has 446 valence electrons. The molecule has 0 fully saturated rings. The van der Waals surface area contributed by atoms with E-state index >= 15 is 0 Å². The molecule has 0 amide bonds. The molecule has 0 aliphatic heterocycles. The van der Waals surface area contributed by atoms with Crippen molar-refractivity contribution in [2.24, 2.45) is 0 Å². The summed E-state index contributed by atoms with van der Waals surface area (Å²) in [5.41, 5.74) is 2.67. The van der Waals surface area contributed by atoms with Crippen molar-refractivity contribution in [3.63, 3.8) is 0 Å². The number of esters is 6. The predicted molar refractivity (Wildman–Crippen MR) is 315 cm³/mol. The van der Waals surface area contributed by atoms with Crippen LogP contribution in [0.3, 0.4) is 0 Å². The molecule has 0 spiro atoms. The topological polar surface area (TPSA) is 185 Å². The number of benzene rings is 3. The number of carbonyl (C=O) groups is 6. The van der Waals surface area contributed by atoms with Crippen molar-refractivity contribution in [3.05, 3.63) is 108 Å². The maximum Gasteiger partial charge on any atom is 0.330 e. The Bertz CT molecular complexity index is 2160. The summed E-state index contributed by atoms with van der Waals surface area (Å²) in [6, 6.07) is 22.7. The second kappa shape index (κ2) is 45.8. The zero-order chi connectivity index (χ0) is 58.2. The Morgan fingerprint density at radius 2 is 0.593 bits per heavy atom. The van der Waals surface area contributed by atoms with Crippen LogP contribution in [0.2, 0.25) is 0 Å². The molecule has 3 rings (SSSR count). The van der Waals surface area contributed by atoms with Crippen LogP contribution in [0.15, 0.2) is 91.0 Å². The second-order valence-electron chi connectivity index (χ2n) is 19.7. The third-order valence-corrected chi connectivity index (χ3v) is 12.8. The van der Waals surface area contributed by atoms with Gasteiger partial charge in [0, 0.05) is 37.5 Å². The van der Waals surface area contributed by atoms with E-state index in [1.807, 2.05) is 72.8 Å². The number of rotatable bonds is 47. The van der Waals surface area contributed by atoms with Gasteiger partial charge in [-0.05, 0) is 131 Å². The van der Waals surface area contributed by atoms with Gasteiger partial charge in [0.2, 0.25) is 0 Å². The maximum absolute atomic E-state index is 13.0. The van der Waals surface area contributed by atoms with Crippen LogP contribution >= 0.6 is 0 Å². The first-order valence-corrected chi connectivity index (χ1v) is 29.8. The normalized spacial score (nSPS) is 11.6. The number of hydrogen-bond donors (Lipinski definition) is 0. The van der Waals surface area contributed by atoms with Crippen LogP contribution in [0.5, 0.6) is 17.2 Å². The van der Waals surface area contributed by atoms with E-state index < -0.39 is 12.1 Å². The molecule has 15 nitrogen and oxygen atoms in total. The van der Waals surface area contributed by atoms with Gasteiger partial charge in [-0.25, -0.2) is 14.4 Å². The molecular weight excluding hydrogens is 1030 g/mol. The minimum atomic E-state index is -0.884. The maximum atomic E-state index is 13.0. The van der Waals surface area contributed by atoms with E-state index in [4.69, 9.17) is 42.6 Å². The van der Waals surface area contributed by atoms with Crippen LogP contribution < -0.4 is 14.2 Å². The molecule has 0 aromatic heterocycles. The van der Waals surface area contributed by atoms with E-state index in [2.05, 4.69) is 0 Å². The minimum Gasteiger partial charge on any atom is -0.494 e. The second-order valence-corrected chi connectivity index (χ2v) is 19.7. The summed E-state index contributed by atoms with van der Waals surface area (Å²) in [5.74, 6) is 0.106. The van der Waals surface area contributed by atoms with Gasteiger partial charge < -0.3 is 42.6 Å². The molecule has 3 aromatic carbocycles. The summed E-state index contributed by atoms with van der Waals surface area (Å²) in [6.07, 6.45) is 29.3. The molecule has 0 saturated carbocycles. The summed E-state index contributed by atoms with van der Waals surface area (Å²) in [5, 5.41) is 0. The first kappa shape index (κ1) is 68.4. The van der Waals surface area contributed by atoms with Gasteiger partial charge in [-0.1, -0.05) is 133 Å². The predicted octanol–water partition coefficient (Wildman–Crippen LogP) is 14.3. The van der Waals surface area contributed by atoms with Crippen molar-refractivity contribution in [2.75, 3.05) is 52.9 Å². The van der Waals surface area contributed by atoms with E-state index in [0.717, 1.165) is 150 Å². The monoisotopic (exact) mass is 1120 g/mol. The smallest absolute Gasteiger partial charge is 0.330 e. The Kier molecular flexibility index (Phi) is 38.7. The van der Waals surface area contributed by atoms with Gasteiger partial charge in [0.15, 0.2) is 6.10 Å². The lowest BCUT2D eigenvalue weighted by molar-refractivity contribution is -0.167. The van der Waals surface area contributed by atoms with Crippen molar-refractivity contribution < 1.29 is 71.4 Å². The van der Waals surface area contributed by atoms with Crippen molar-refractivity contribution in [2.45, 2.75) is 181 Å². The Balaban J connectivity index is 1.28. The highest BCUT2D eigenvalue weighted by Crippen LogP contribution is 2.19. The third kappa shape index (κ3) is 36.9. The van der Waals surface area contributed by atoms with Crippen molar-refractivity contribution in [1.29, 1.82) is 0 Å². The molecule has 0 radical (unpaired) electrons. The first-order chi connectivity index (χ1) is 39.6. The van der Waals surface area contributed by atoms with Gasteiger partial charge in [-0.3, -0.25) is 14.4 Å². The standard InChI is InChI=1S/C66H92O15/c1-4-73-63(69)46-37-54-31-40-57(41-32-54)76-49-25-19-13-7-10-16-22-28-61(67)79-52-60(81-66(72)30-24-18-12-9-15-21-27-51-78-59-44-35-56(36-45-59)39-48-65(71)75-6-3)53-80-62(68)29-23-17-11-8-14-20-26-50-77-58-42-33-55(34-43-58)38-47-64(70)74-5-2/h31-48,60H,4-30,49-53H2,1-3H3. The molecule has 15 heteroatoms. The van der Waals surface area contributed by atoms with Crippen LogP contribution in [0.4, 0.5) is 0 Å². The van der Waals surface area contributed by atoms with Crippen molar-refractivity contribution in [3.8, 4) is 17.2 Å². The summed E-state index contributed by atoms with van der Waals surface area (Å²) in [7, 11) is 0. The van der Waals surface area contributed by atoms with E-state index in [-0.39, 0.29) is 62.3 Å². The van der Waals surface area contributed by atoms with Gasteiger partial charge in [0.1, 0.15) is 30.5 Å². The number of ether oxygens (including phenoxy) is 9. The number of hydrogen-bond acceptors (Lipinski definition) is 15. The molecular formula is C66H92O15. The largest absolute Gasteiger partial charge is 0.494 e. The number of carbonyl (C=O) groups excluding carboxylic acids is 6. The Hall–Kier alpha value is -6.90. The average Bonchev–Trinajstić information content (AvgIpc) is 3.47. The molecule has 0 aliphatic rings. The van der Waals surface area contributed by atoms with Crippen molar-refractivity contribution in [1.82, 2.24) is 0 Å². The molecule has 0 saturated heterocycles. The highest BCUT2D eigenvalue weighted by molar-refractivity contribution is 5.88. The highest BCUT2D eigenvalue weighted by Gasteiger charge is 2.20. The van der Waals surface area contributed by atoms with Gasteiger partial charge in [0.05, 0.1) is 39.6 Å². The first-order valence-electron chi connectivity index (χ1n) is 29.8. The van der Waals surface area contributed by atoms with E-state index in [0.29, 0.717) is 58.9 Å². The zero-order valence-electron chi connectivity index (χ0n) is 48.7. The lowest BCUT2D eigenvalue weighted by Crippen LogP contribution is -2.30. The van der Waals surface area contributed by atoms with Gasteiger partial charge in [-0.15, -0.1) is 0 Å². The summed E-state index contributed by atoms with van der Waals surface area (Å²) < 4.78 is 49.2. The van der Waals surface area contributed by atoms with Crippen LogP contribution in [0.25, 0.3) is 18.2 Å². The van der Waals surface area contributed by atoms with Gasteiger partial charge in [-0.2, -0.15) is 0 Å². The lowest BCUT2D eigenvalue weighted by atomic mass is 10.1. The average molecular weight is 1130 g/mol. The van der Waals surface area contributed by atoms with Gasteiger partial charge >= 0.3 is 35.8 Å². The van der Waals surface area contributed by atoms with Crippen LogP contribution in [0.1, 0.15) is 192 Å². The molecule has 0 heterocycles. The minimum absolute atomic E-state index is 0.173. The Morgan fingerprint density at radius 3 is 0.877 bits per heavy atom. The molecule has 0 aliphatic carbocycles. The fraction of sp³-hybridized carbons (Fsp3) is 0.545. The lowest BCUT2D eigenvalue weighted by Gasteiger charge is -2.18. The van der Waals surface area contributed by atoms with Crippen LogP contribution in [0, 0.1) is 0 Å². The molecule has 0 unspecified atom stereocenters. The fourth-order valence-electron chi connectivity index (χ4n) is 8.30. The summed E-state index contributed by atoms with van der Waals surface area (Å²) >= 11 is 0. The highest BCUT2D eigenvalue weighted by atomic mass is 16.6. The molecule has 0 bridgehead atoms. The third-order valence-electron chi connectivity index (χ3n) is 12.8. The summed E-state index contributed by atoms with van der Waals surface area (Å²) in [6.45, 7) is 7.86. The Morgan fingerprint density at radius 1 is 0.333 bits per heavy atom. The number of unbranched alkanes of at least 4 members (excludes halogenated alkanes) is 18. The van der Waals surface area contributed by atoms with Gasteiger partial charge in [0.25, 0.3) is 0 Å². The molecule has 0 N–H and O–H groups in total. The van der Waals surface area contributed by atoms with E-state index in [1.54, 1.807) is 39.0 Å². The van der Waals surface area contributed by atoms with Crippen LogP contribution in [-0.2, 0) is 57.2 Å². The zero-order valence-corrected chi connectivity index (χ0v) is 48.7. The van der Waals surface area contributed by atoms with Crippen molar-refractivity contribution >= 4 is 54.0 Å².